The average molecular weight is 433 g/mol. The lowest BCUT2D eigenvalue weighted by molar-refractivity contribution is -0.137. The van der Waals surface area contributed by atoms with Crippen molar-refractivity contribution in [1.29, 1.82) is 0 Å². The van der Waals surface area contributed by atoms with Crippen LogP contribution >= 0.6 is 11.8 Å². The van der Waals surface area contributed by atoms with Gasteiger partial charge in [0.25, 0.3) is 0 Å². The molecule has 3 rings (SSSR count). The van der Waals surface area contributed by atoms with Crippen molar-refractivity contribution in [1.82, 2.24) is 9.97 Å². The largest absolute Gasteiger partial charge is 0.439 e. The monoisotopic (exact) mass is 432 g/mol. The first-order valence-electron chi connectivity index (χ1n) is 9.69. The quantitative estimate of drug-likeness (QED) is 0.291. The number of hydrogen-bond acceptors (Lipinski definition) is 4. The molecule has 1 heterocycles. The van der Waals surface area contributed by atoms with Gasteiger partial charge in [0.05, 0.1) is 5.56 Å². The Morgan fingerprint density at radius 2 is 1.73 bits per heavy atom. The van der Waals surface area contributed by atoms with Gasteiger partial charge in [0.2, 0.25) is 5.88 Å². The summed E-state index contributed by atoms with van der Waals surface area (Å²) in [5.74, 6) is 2.02. The Morgan fingerprint density at radius 1 is 1.00 bits per heavy atom. The van der Waals surface area contributed by atoms with E-state index in [0.29, 0.717) is 28.5 Å². The van der Waals surface area contributed by atoms with Crippen LogP contribution in [0.25, 0.3) is 0 Å². The minimum atomic E-state index is -4.33. The van der Waals surface area contributed by atoms with E-state index < -0.39 is 11.7 Å². The number of aryl methyl sites for hydroxylation is 1. The fraction of sp³-hybridized carbons (Fsp3) is 0.304. The van der Waals surface area contributed by atoms with Crippen molar-refractivity contribution in [2.45, 2.75) is 50.2 Å². The zero-order chi connectivity index (χ0) is 21.7. The molecule has 0 amide bonds. The lowest BCUT2D eigenvalue weighted by Crippen LogP contribution is -2.04. The molecule has 158 valence electrons. The van der Waals surface area contributed by atoms with Crippen LogP contribution in [0.5, 0.6) is 11.6 Å². The van der Waals surface area contributed by atoms with Gasteiger partial charge in [-0.15, -0.1) is 0 Å². The predicted molar refractivity (Wildman–Crippen MR) is 113 cm³/mol. The van der Waals surface area contributed by atoms with E-state index >= 15 is 0 Å². The summed E-state index contributed by atoms with van der Waals surface area (Å²) in [5.41, 5.74) is 2.13. The summed E-state index contributed by atoms with van der Waals surface area (Å²) in [6.45, 7) is 6.24. The Labute approximate surface area is 178 Å². The number of alkyl halides is 3. The van der Waals surface area contributed by atoms with Gasteiger partial charge in [-0.3, -0.25) is 0 Å². The van der Waals surface area contributed by atoms with E-state index in [1.165, 1.54) is 29.5 Å². The molecule has 0 fully saturated rings. The summed E-state index contributed by atoms with van der Waals surface area (Å²) in [6, 6.07) is 14.8. The molecule has 0 radical (unpaired) electrons. The number of aromatic nitrogens is 2. The van der Waals surface area contributed by atoms with Gasteiger partial charge in [-0.25, -0.2) is 4.98 Å². The third kappa shape index (κ3) is 5.98. The normalized spacial score (nSPS) is 11.7. The Balaban J connectivity index is 1.73. The molecule has 3 nitrogen and oxygen atoms in total. The molecule has 0 saturated carbocycles. The lowest BCUT2D eigenvalue weighted by Gasteiger charge is -2.11. The first-order valence-corrected chi connectivity index (χ1v) is 10.7. The van der Waals surface area contributed by atoms with Crippen LogP contribution < -0.4 is 4.74 Å². The van der Waals surface area contributed by atoms with E-state index in [9.17, 15) is 13.2 Å². The van der Waals surface area contributed by atoms with Crippen molar-refractivity contribution in [3.8, 4) is 11.6 Å². The van der Waals surface area contributed by atoms with Gasteiger partial charge >= 0.3 is 6.18 Å². The number of nitrogens with zero attached hydrogens (tertiary/aromatic N) is 2. The maximum absolute atomic E-state index is 12.7. The molecule has 0 saturated heterocycles. The summed E-state index contributed by atoms with van der Waals surface area (Å²) in [4.78, 5) is 8.98. The number of halogens is 3. The van der Waals surface area contributed by atoms with Crippen LogP contribution in [0.15, 0.2) is 59.8 Å². The van der Waals surface area contributed by atoms with Crippen molar-refractivity contribution in [2.75, 3.05) is 0 Å². The lowest BCUT2D eigenvalue weighted by atomic mass is 10.0. The fourth-order valence-corrected chi connectivity index (χ4v) is 3.57. The Morgan fingerprint density at radius 3 is 2.37 bits per heavy atom. The van der Waals surface area contributed by atoms with Crippen LogP contribution in [0.3, 0.4) is 0 Å². The second-order valence-electron chi connectivity index (χ2n) is 7.15. The molecule has 30 heavy (non-hydrogen) atoms. The molecular formula is C23H23F3N2OS. The SMILES string of the molecule is CCc1cc(Oc2cccc(C(C)C)c2)nc(SCc2ccc(C(F)(F)F)cc2)n1. The molecule has 0 atom stereocenters. The topological polar surface area (TPSA) is 35.0 Å². The van der Waals surface area contributed by atoms with Crippen molar-refractivity contribution >= 4 is 11.8 Å². The minimum absolute atomic E-state index is 0.389. The second-order valence-corrected chi connectivity index (χ2v) is 8.09. The van der Waals surface area contributed by atoms with Gasteiger partial charge in [-0.1, -0.05) is 56.8 Å². The van der Waals surface area contributed by atoms with E-state index in [-0.39, 0.29) is 0 Å². The van der Waals surface area contributed by atoms with Crippen molar-refractivity contribution < 1.29 is 17.9 Å². The zero-order valence-corrected chi connectivity index (χ0v) is 17.8. The summed E-state index contributed by atoms with van der Waals surface area (Å²) >= 11 is 1.37. The van der Waals surface area contributed by atoms with Gasteiger partial charge in [0, 0.05) is 17.5 Å². The molecule has 0 N–H and O–H groups in total. The summed E-state index contributed by atoms with van der Waals surface area (Å²) < 4.78 is 44.1. The molecule has 0 aliphatic heterocycles. The summed E-state index contributed by atoms with van der Waals surface area (Å²) in [5, 5.41) is 0.532. The molecule has 7 heteroatoms. The maximum atomic E-state index is 12.7. The highest BCUT2D eigenvalue weighted by atomic mass is 32.2. The van der Waals surface area contributed by atoms with Crippen LogP contribution in [0, 0.1) is 0 Å². The number of thioether (sulfide) groups is 1. The zero-order valence-electron chi connectivity index (χ0n) is 17.0. The summed E-state index contributed by atoms with van der Waals surface area (Å²) in [6.07, 6.45) is -3.61. The van der Waals surface area contributed by atoms with E-state index in [1.54, 1.807) is 0 Å². The molecule has 1 aromatic heterocycles. The molecule has 0 aliphatic rings. The highest BCUT2D eigenvalue weighted by Gasteiger charge is 2.29. The molecule has 3 aromatic rings. The highest BCUT2D eigenvalue weighted by Crippen LogP contribution is 2.31. The van der Waals surface area contributed by atoms with Crippen LogP contribution in [-0.4, -0.2) is 9.97 Å². The predicted octanol–water partition coefficient (Wildman–Crippen LogP) is 7.27. The van der Waals surface area contributed by atoms with Crippen molar-refractivity contribution in [3.05, 3.63) is 77.0 Å². The van der Waals surface area contributed by atoms with Gasteiger partial charge < -0.3 is 4.74 Å². The average Bonchev–Trinajstić information content (AvgIpc) is 2.72. The van der Waals surface area contributed by atoms with Gasteiger partial charge in [0.1, 0.15) is 5.75 Å². The van der Waals surface area contributed by atoms with Crippen LogP contribution in [-0.2, 0) is 18.3 Å². The molecular weight excluding hydrogens is 409 g/mol. The standard InChI is InChI=1S/C23H23F3N2OS/c1-4-19-13-21(29-20-7-5-6-17(12-20)15(2)3)28-22(27-19)30-14-16-8-10-18(11-9-16)23(24,25)26/h5-13,15H,4,14H2,1-3H3. The van der Waals surface area contributed by atoms with E-state index in [0.717, 1.165) is 29.8 Å². The summed E-state index contributed by atoms with van der Waals surface area (Å²) in [7, 11) is 0. The van der Waals surface area contributed by atoms with Crippen molar-refractivity contribution in [3.63, 3.8) is 0 Å². The van der Waals surface area contributed by atoms with Gasteiger partial charge in [0.15, 0.2) is 5.16 Å². The van der Waals surface area contributed by atoms with Crippen LogP contribution in [0.4, 0.5) is 13.2 Å². The van der Waals surface area contributed by atoms with E-state index in [4.69, 9.17) is 4.74 Å². The third-order valence-corrected chi connectivity index (χ3v) is 5.41. The number of ether oxygens (including phenoxy) is 1. The molecule has 0 unspecified atom stereocenters. The van der Waals surface area contributed by atoms with E-state index in [1.807, 2.05) is 31.2 Å². The minimum Gasteiger partial charge on any atom is -0.439 e. The van der Waals surface area contributed by atoms with Gasteiger partial charge in [-0.05, 0) is 47.7 Å². The Kier molecular flexibility index (Phi) is 7.02. The first-order chi connectivity index (χ1) is 14.2. The highest BCUT2D eigenvalue weighted by molar-refractivity contribution is 7.98. The van der Waals surface area contributed by atoms with Crippen molar-refractivity contribution in [2.24, 2.45) is 0 Å². The van der Waals surface area contributed by atoms with Crippen LogP contribution in [0.1, 0.15) is 49.1 Å². The number of rotatable bonds is 7. The smallest absolute Gasteiger partial charge is 0.416 e. The third-order valence-electron chi connectivity index (χ3n) is 4.49. The first kappa shape index (κ1) is 22.2. The second kappa shape index (κ2) is 9.51. The molecule has 2 aromatic carbocycles. The van der Waals surface area contributed by atoms with E-state index in [2.05, 4.69) is 29.9 Å². The molecule has 0 aliphatic carbocycles. The number of benzene rings is 2. The Hall–Kier alpha value is -2.54. The van der Waals surface area contributed by atoms with Gasteiger partial charge in [-0.2, -0.15) is 18.2 Å². The fourth-order valence-electron chi connectivity index (χ4n) is 2.74. The van der Waals surface area contributed by atoms with Crippen LogP contribution in [0.2, 0.25) is 0 Å². The molecule has 0 spiro atoms. The number of hydrogen-bond donors (Lipinski definition) is 0. The Bertz CT molecular complexity index is 988. The molecule has 0 bridgehead atoms. The maximum Gasteiger partial charge on any atom is 0.416 e.